The molecule has 0 amide bonds. The maximum absolute atomic E-state index is 12.5. The minimum absolute atomic E-state index is 0.00912. The second-order valence-electron chi connectivity index (χ2n) is 12.3. The molecule has 0 radical (unpaired) electrons. The molecule has 0 saturated carbocycles. The fourth-order valence-corrected chi connectivity index (χ4v) is 5.14. The van der Waals surface area contributed by atoms with E-state index in [2.05, 4.69) is 34.0 Å². The number of ether oxygens (including phenoxy) is 2. The van der Waals surface area contributed by atoms with Gasteiger partial charge in [-0.1, -0.05) is 90.7 Å². The van der Waals surface area contributed by atoms with Crippen molar-refractivity contribution >= 4 is 29.1 Å². The summed E-state index contributed by atoms with van der Waals surface area (Å²) in [6.07, 6.45) is 23.3. The highest BCUT2D eigenvalue weighted by Gasteiger charge is 2.22. The Morgan fingerprint density at radius 2 is 1.62 bits per heavy atom. The number of nitrogens with zero attached hydrogens (tertiary/aromatic N) is 3. The Labute approximate surface area is 268 Å². The minimum atomic E-state index is -0.686. The number of H-pyrrole nitrogens is 1. The number of fused-ring (bicyclic) bond motifs is 1. The van der Waals surface area contributed by atoms with E-state index in [1.54, 1.807) is 4.57 Å². The van der Waals surface area contributed by atoms with E-state index in [0.717, 1.165) is 38.5 Å². The molecule has 2 aromatic heterocycles. The van der Waals surface area contributed by atoms with E-state index in [1.807, 2.05) is 13.8 Å². The Morgan fingerprint density at radius 3 is 2.29 bits per heavy atom. The molecular weight excluding hydrogens is 572 g/mol. The Kier molecular flexibility index (Phi) is 18.8. The van der Waals surface area contributed by atoms with Gasteiger partial charge in [0.05, 0.1) is 19.5 Å². The number of nitrogens with two attached hydrogens (primary N) is 2. The van der Waals surface area contributed by atoms with Gasteiger partial charge in [-0.15, -0.1) is 0 Å². The number of nitrogens with one attached hydrogen (secondary N) is 1. The summed E-state index contributed by atoms with van der Waals surface area (Å²) in [6, 6.07) is -0.686. The first-order valence-electron chi connectivity index (χ1n) is 17.2. The summed E-state index contributed by atoms with van der Waals surface area (Å²) in [5.74, 6) is -0.903. The van der Waals surface area contributed by atoms with Crippen LogP contribution in [0.2, 0.25) is 0 Å². The van der Waals surface area contributed by atoms with Crippen LogP contribution in [0.15, 0.2) is 23.3 Å². The predicted molar refractivity (Wildman–Crippen MR) is 179 cm³/mol. The van der Waals surface area contributed by atoms with Crippen molar-refractivity contribution in [3.8, 4) is 0 Å². The number of aromatic amines is 1. The van der Waals surface area contributed by atoms with Crippen LogP contribution in [0.5, 0.6) is 0 Å². The number of carbonyl (C=O) groups is 2. The minimum Gasteiger partial charge on any atom is -0.465 e. The van der Waals surface area contributed by atoms with Crippen LogP contribution in [0, 0.1) is 11.8 Å². The highest BCUT2D eigenvalue weighted by atomic mass is 16.5. The van der Waals surface area contributed by atoms with E-state index in [4.69, 9.17) is 20.9 Å². The van der Waals surface area contributed by atoms with Crippen molar-refractivity contribution in [2.75, 3.05) is 18.9 Å². The molecule has 0 aliphatic rings. The fraction of sp³-hybridized carbons (Fsp3) is 0.735. The predicted octanol–water partition coefficient (Wildman–Crippen LogP) is 6.21. The lowest BCUT2D eigenvalue weighted by Gasteiger charge is -2.20. The summed E-state index contributed by atoms with van der Waals surface area (Å²) < 4.78 is 12.8. The molecule has 0 saturated heterocycles. The van der Waals surface area contributed by atoms with Crippen LogP contribution < -0.4 is 17.0 Å². The van der Waals surface area contributed by atoms with Gasteiger partial charge in [0.25, 0.3) is 5.56 Å². The Morgan fingerprint density at radius 1 is 0.978 bits per heavy atom. The van der Waals surface area contributed by atoms with E-state index in [1.165, 1.54) is 57.7 Å². The van der Waals surface area contributed by atoms with Gasteiger partial charge in [-0.2, -0.15) is 4.98 Å². The van der Waals surface area contributed by atoms with Crippen LogP contribution in [-0.4, -0.2) is 50.7 Å². The molecule has 3 atom stereocenters. The van der Waals surface area contributed by atoms with Gasteiger partial charge < -0.3 is 25.5 Å². The van der Waals surface area contributed by atoms with Crippen molar-refractivity contribution in [1.82, 2.24) is 19.5 Å². The summed E-state index contributed by atoms with van der Waals surface area (Å²) >= 11 is 0. The van der Waals surface area contributed by atoms with Crippen molar-refractivity contribution in [1.29, 1.82) is 0 Å². The molecule has 1 unspecified atom stereocenters. The smallest absolute Gasteiger partial charge is 0.323 e. The third-order valence-corrected chi connectivity index (χ3v) is 8.37. The molecule has 5 N–H and O–H groups in total. The third kappa shape index (κ3) is 15.1. The zero-order valence-corrected chi connectivity index (χ0v) is 27.9. The van der Waals surface area contributed by atoms with Crippen LogP contribution in [-0.2, 0) is 25.6 Å². The standard InChI is InChI=1S/C34H58N6O5/c1-4-6-7-8-9-10-11-12-13-14-15-16-17-18-19-20-28(41)45-24-27(21-22-44-33(43)29(35)26(3)5-2)23-40-25-37-30-31(40)38-34(36)39-32(30)42/h12-13,25-27,29H,4-11,14-24,35H2,1-3H3,(H3,36,38,39,42)/b13-12+/t26?,27-,29+/m1/s1. The lowest BCUT2D eigenvalue weighted by molar-refractivity contribution is -0.149. The summed E-state index contributed by atoms with van der Waals surface area (Å²) in [5, 5.41) is 0. The van der Waals surface area contributed by atoms with Gasteiger partial charge in [0.2, 0.25) is 5.95 Å². The van der Waals surface area contributed by atoms with Gasteiger partial charge in [0.1, 0.15) is 6.04 Å². The number of esters is 2. The maximum atomic E-state index is 12.5. The van der Waals surface area contributed by atoms with Crippen molar-refractivity contribution < 1.29 is 19.1 Å². The topological polar surface area (TPSA) is 168 Å². The second kappa shape index (κ2) is 22.3. The number of allylic oxidation sites excluding steroid dienone is 2. The quantitative estimate of drug-likeness (QED) is 0.0656. The zero-order valence-electron chi connectivity index (χ0n) is 27.9. The Bertz CT molecular complexity index is 1210. The molecule has 11 heteroatoms. The molecule has 0 aromatic carbocycles. The van der Waals surface area contributed by atoms with Gasteiger partial charge in [-0.05, 0) is 44.4 Å². The van der Waals surface area contributed by atoms with E-state index in [0.29, 0.717) is 25.0 Å². The number of rotatable bonds is 25. The van der Waals surface area contributed by atoms with E-state index in [9.17, 15) is 14.4 Å². The summed E-state index contributed by atoms with van der Waals surface area (Å²) in [7, 11) is 0. The number of aromatic nitrogens is 4. The molecule has 2 rings (SSSR count). The Balaban J connectivity index is 1.73. The molecular formula is C34H58N6O5. The largest absolute Gasteiger partial charge is 0.465 e. The first-order valence-corrected chi connectivity index (χ1v) is 17.2. The van der Waals surface area contributed by atoms with Crippen LogP contribution in [0.3, 0.4) is 0 Å². The molecule has 0 aliphatic heterocycles. The van der Waals surface area contributed by atoms with Crippen molar-refractivity contribution in [3.63, 3.8) is 0 Å². The highest BCUT2D eigenvalue weighted by molar-refractivity contribution is 5.75. The first kappa shape index (κ1) is 38.0. The van der Waals surface area contributed by atoms with Crippen molar-refractivity contribution in [3.05, 3.63) is 28.8 Å². The van der Waals surface area contributed by atoms with Crippen molar-refractivity contribution in [2.24, 2.45) is 17.6 Å². The molecule has 254 valence electrons. The van der Waals surface area contributed by atoms with E-state index >= 15 is 0 Å². The van der Waals surface area contributed by atoms with Gasteiger partial charge in [0, 0.05) is 18.9 Å². The van der Waals surface area contributed by atoms with E-state index < -0.39 is 17.6 Å². The molecule has 0 spiro atoms. The van der Waals surface area contributed by atoms with Crippen LogP contribution in [0.1, 0.15) is 124 Å². The monoisotopic (exact) mass is 630 g/mol. The number of imidazole rings is 1. The number of unbranched alkanes of at least 4 members (excludes halogenated alkanes) is 11. The van der Waals surface area contributed by atoms with Gasteiger partial charge in [-0.3, -0.25) is 19.4 Å². The number of hydrogen-bond acceptors (Lipinski definition) is 9. The molecule has 0 aliphatic carbocycles. The molecule has 2 aromatic rings. The maximum Gasteiger partial charge on any atom is 0.323 e. The lowest BCUT2D eigenvalue weighted by atomic mass is 10.0. The molecule has 2 heterocycles. The number of anilines is 1. The van der Waals surface area contributed by atoms with Crippen molar-refractivity contribution in [2.45, 2.75) is 136 Å². The van der Waals surface area contributed by atoms with Crippen LogP contribution in [0.4, 0.5) is 5.95 Å². The third-order valence-electron chi connectivity index (χ3n) is 8.37. The van der Waals surface area contributed by atoms with Gasteiger partial charge in [-0.25, -0.2) is 4.98 Å². The number of nitrogen functional groups attached to an aromatic ring is 1. The van der Waals surface area contributed by atoms with Crippen LogP contribution in [0.25, 0.3) is 11.2 Å². The average molecular weight is 631 g/mol. The highest BCUT2D eigenvalue weighted by Crippen LogP contribution is 2.16. The summed E-state index contributed by atoms with van der Waals surface area (Å²) in [5.41, 5.74) is 11.8. The summed E-state index contributed by atoms with van der Waals surface area (Å²) in [6.45, 7) is 6.75. The molecule has 0 bridgehead atoms. The SMILES string of the molecule is CCCCCCCC/C=C/CCCCCCCC(=O)OC[C@H](CCOC(=O)[C@@H](N)C(C)CC)Cn1cnc2c(=O)[nH]c(N)nc21. The average Bonchev–Trinajstić information content (AvgIpc) is 3.43. The Hall–Kier alpha value is -3.21. The molecule has 45 heavy (non-hydrogen) atoms. The fourth-order valence-electron chi connectivity index (χ4n) is 5.14. The zero-order chi connectivity index (χ0) is 32.9. The van der Waals surface area contributed by atoms with Crippen LogP contribution >= 0.6 is 0 Å². The number of hydrogen-bond donors (Lipinski definition) is 3. The lowest BCUT2D eigenvalue weighted by Crippen LogP contribution is -2.38. The van der Waals surface area contributed by atoms with Gasteiger partial charge >= 0.3 is 11.9 Å². The molecule has 0 fully saturated rings. The molecule has 11 nitrogen and oxygen atoms in total. The van der Waals surface area contributed by atoms with E-state index in [-0.39, 0.29) is 42.5 Å². The first-order chi connectivity index (χ1) is 21.8. The normalized spacial score (nSPS) is 13.7. The second-order valence-corrected chi connectivity index (χ2v) is 12.3. The van der Waals surface area contributed by atoms with Gasteiger partial charge in [0.15, 0.2) is 11.2 Å². The summed E-state index contributed by atoms with van der Waals surface area (Å²) in [4.78, 5) is 47.9. The number of carbonyl (C=O) groups excluding carboxylic acids is 2.